The topological polar surface area (TPSA) is 64.6 Å². The zero-order chi connectivity index (χ0) is 12.0. The smallest absolute Gasteiger partial charge is 0.303 e. The summed E-state index contributed by atoms with van der Waals surface area (Å²) in [4.78, 5) is 21.7. The normalized spacial score (nSPS) is 9.38. The van der Waals surface area contributed by atoms with Gasteiger partial charge in [-0.3, -0.25) is 9.59 Å². The Labute approximate surface area is 93.4 Å². The van der Waals surface area contributed by atoms with Crippen LogP contribution in [0.25, 0.3) is 0 Å². The SMILES string of the molecule is COc1ccc(NC(=O)COC(C)=O)cc1. The Morgan fingerprint density at radius 1 is 1.25 bits per heavy atom. The standard InChI is InChI=1S/C11H13NO4/c1-8(13)16-7-11(14)12-9-3-5-10(15-2)6-4-9/h3-6H,7H2,1-2H3,(H,12,14). The second-order valence-corrected chi connectivity index (χ2v) is 3.06. The van der Waals surface area contributed by atoms with E-state index in [2.05, 4.69) is 10.1 Å². The summed E-state index contributed by atoms with van der Waals surface area (Å²) in [5.41, 5.74) is 0.623. The maximum atomic E-state index is 11.3. The number of methoxy groups -OCH3 is 1. The van der Waals surface area contributed by atoms with E-state index in [0.717, 1.165) is 0 Å². The highest BCUT2D eigenvalue weighted by Gasteiger charge is 2.04. The van der Waals surface area contributed by atoms with Crippen LogP contribution < -0.4 is 10.1 Å². The number of nitrogens with one attached hydrogen (secondary N) is 1. The van der Waals surface area contributed by atoms with Gasteiger partial charge in [0.15, 0.2) is 6.61 Å². The summed E-state index contributed by atoms with van der Waals surface area (Å²) in [6.07, 6.45) is 0. The molecule has 0 aromatic heterocycles. The molecule has 0 radical (unpaired) electrons. The van der Waals surface area contributed by atoms with Gasteiger partial charge in [0.05, 0.1) is 7.11 Å². The number of carbonyl (C=O) groups excluding carboxylic acids is 2. The Morgan fingerprint density at radius 2 is 1.88 bits per heavy atom. The van der Waals surface area contributed by atoms with Crippen molar-refractivity contribution in [3.05, 3.63) is 24.3 Å². The van der Waals surface area contributed by atoms with Crippen molar-refractivity contribution in [1.29, 1.82) is 0 Å². The molecular weight excluding hydrogens is 210 g/mol. The summed E-state index contributed by atoms with van der Waals surface area (Å²) < 4.78 is 9.52. The average molecular weight is 223 g/mol. The van der Waals surface area contributed by atoms with Crippen molar-refractivity contribution in [2.24, 2.45) is 0 Å². The van der Waals surface area contributed by atoms with Gasteiger partial charge in [-0.15, -0.1) is 0 Å². The highest BCUT2D eigenvalue weighted by atomic mass is 16.5. The van der Waals surface area contributed by atoms with Gasteiger partial charge >= 0.3 is 5.97 Å². The van der Waals surface area contributed by atoms with Gasteiger partial charge in [-0.05, 0) is 24.3 Å². The molecule has 1 amide bonds. The molecule has 0 aliphatic heterocycles. The number of hydrogen-bond acceptors (Lipinski definition) is 4. The molecule has 16 heavy (non-hydrogen) atoms. The van der Waals surface area contributed by atoms with Gasteiger partial charge in [-0.2, -0.15) is 0 Å². The predicted octanol–water partition coefficient (Wildman–Crippen LogP) is 1.20. The fourth-order valence-corrected chi connectivity index (χ4v) is 1.04. The lowest BCUT2D eigenvalue weighted by molar-refractivity contribution is -0.144. The van der Waals surface area contributed by atoms with E-state index < -0.39 is 5.97 Å². The number of carbonyl (C=O) groups is 2. The van der Waals surface area contributed by atoms with Crippen molar-refractivity contribution in [2.45, 2.75) is 6.92 Å². The Balaban J connectivity index is 2.46. The maximum Gasteiger partial charge on any atom is 0.303 e. The minimum Gasteiger partial charge on any atom is -0.497 e. The number of amides is 1. The molecule has 0 fully saturated rings. The Kier molecular flexibility index (Phi) is 4.32. The number of anilines is 1. The molecule has 0 bridgehead atoms. The molecule has 0 aliphatic rings. The third-order valence-corrected chi connectivity index (χ3v) is 1.78. The molecule has 0 spiro atoms. The molecule has 1 N–H and O–H groups in total. The van der Waals surface area contributed by atoms with E-state index >= 15 is 0 Å². The van der Waals surface area contributed by atoms with Crippen LogP contribution in [0.15, 0.2) is 24.3 Å². The van der Waals surface area contributed by atoms with Crippen molar-refractivity contribution < 1.29 is 19.1 Å². The van der Waals surface area contributed by atoms with Crippen molar-refractivity contribution in [2.75, 3.05) is 19.0 Å². The van der Waals surface area contributed by atoms with E-state index in [1.165, 1.54) is 6.92 Å². The predicted molar refractivity (Wildman–Crippen MR) is 58.3 cm³/mol. The first kappa shape index (κ1) is 12.0. The first-order valence-corrected chi connectivity index (χ1v) is 4.69. The monoisotopic (exact) mass is 223 g/mol. The minimum atomic E-state index is -0.482. The van der Waals surface area contributed by atoms with Gasteiger partial charge in [0.2, 0.25) is 0 Å². The quantitative estimate of drug-likeness (QED) is 0.779. The molecule has 0 saturated heterocycles. The number of benzene rings is 1. The number of hydrogen-bond donors (Lipinski definition) is 1. The number of ether oxygens (including phenoxy) is 2. The zero-order valence-corrected chi connectivity index (χ0v) is 9.15. The lowest BCUT2D eigenvalue weighted by atomic mass is 10.3. The summed E-state index contributed by atoms with van der Waals surface area (Å²) in [5, 5.41) is 2.58. The molecule has 1 aromatic carbocycles. The van der Waals surface area contributed by atoms with Crippen LogP contribution >= 0.6 is 0 Å². The molecule has 0 heterocycles. The van der Waals surface area contributed by atoms with E-state index in [4.69, 9.17) is 4.74 Å². The molecule has 5 heteroatoms. The summed E-state index contributed by atoms with van der Waals surface area (Å²) in [6, 6.07) is 6.85. The minimum absolute atomic E-state index is 0.276. The van der Waals surface area contributed by atoms with Gasteiger partial charge < -0.3 is 14.8 Å². The van der Waals surface area contributed by atoms with Crippen LogP contribution in [0.4, 0.5) is 5.69 Å². The van der Waals surface area contributed by atoms with E-state index in [9.17, 15) is 9.59 Å². The van der Waals surface area contributed by atoms with Crippen LogP contribution in [-0.4, -0.2) is 25.6 Å². The Bertz CT molecular complexity index is 372. The van der Waals surface area contributed by atoms with E-state index in [1.54, 1.807) is 31.4 Å². The zero-order valence-electron chi connectivity index (χ0n) is 9.15. The molecular formula is C11H13NO4. The Morgan fingerprint density at radius 3 is 2.38 bits per heavy atom. The highest BCUT2D eigenvalue weighted by molar-refractivity contribution is 5.92. The van der Waals surface area contributed by atoms with Crippen LogP contribution in [0.3, 0.4) is 0 Å². The van der Waals surface area contributed by atoms with Gasteiger partial charge in [-0.25, -0.2) is 0 Å². The van der Waals surface area contributed by atoms with Crippen LogP contribution in [0.2, 0.25) is 0 Å². The molecule has 0 unspecified atom stereocenters. The molecule has 0 atom stereocenters. The van der Waals surface area contributed by atoms with Crippen LogP contribution in [-0.2, 0) is 14.3 Å². The largest absolute Gasteiger partial charge is 0.497 e. The van der Waals surface area contributed by atoms with Gasteiger partial charge in [0.1, 0.15) is 5.75 Å². The fourth-order valence-electron chi connectivity index (χ4n) is 1.04. The van der Waals surface area contributed by atoms with Crippen molar-refractivity contribution in [3.63, 3.8) is 0 Å². The van der Waals surface area contributed by atoms with Gasteiger partial charge in [-0.1, -0.05) is 0 Å². The van der Waals surface area contributed by atoms with Gasteiger partial charge in [0.25, 0.3) is 5.91 Å². The van der Waals surface area contributed by atoms with Crippen LogP contribution in [0.5, 0.6) is 5.75 Å². The lowest BCUT2D eigenvalue weighted by Gasteiger charge is -2.06. The molecule has 1 rings (SSSR count). The average Bonchev–Trinajstić information content (AvgIpc) is 2.27. The van der Waals surface area contributed by atoms with E-state index in [1.807, 2.05) is 0 Å². The first-order valence-electron chi connectivity index (χ1n) is 4.69. The second-order valence-electron chi connectivity index (χ2n) is 3.06. The third kappa shape index (κ3) is 4.00. The van der Waals surface area contributed by atoms with E-state index in [0.29, 0.717) is 11.4 Å². The summed E-state index contributed by atoms with van der Waals surface area (Å²) in [7, 11) is 1.56. The Hall–Kier alpha value is -2.04. The van der Waals surface area contributed by atoms with Crippen molar-refractivity contribution in [1.82, 2.24) is 0 Å². The third-order valence-electron chi connectivity index (χ3n) is 1.78. The molecule has 1 aromatic rings. The fraction of sp³-hybridized carbons (Fsp3) is 0.273. The molecule has 0 saturated carbocycles. The highest BCUT2D eigenvalue weighted by Crippen LogP contribution is 2.14. The number of rotatable bonds is 4. The lowest BCUT2D eigenvalue weighted by Crippen LogP contribution is -2.19. The van der Waals surface area contributed by atoms with Crippen LogP contribution in [0.1, 0.15) is 6.92 Å². The van der Waals surface area contributed by atoms with Crippen molar-refractivity contribution in [3.8, 4) is 5.75 Å². The first-order chi connectivity index (χ1) is 7.61. The summed E-state index contributed by atoms with van der Waals surface area (Å²) in [6.45, 7) is 0.974. The van der Waals surface area contributed by atoms with Gasteiger partial charge in [0, 0.05) is 12.6 Å². The molecule has 86 valence electrons. The maximum absolute atomic E-state index is 11.3. The number of esters is 1. The van der Waals surface area contributed by atoms with E-state index in [-0.39, 0.29) is 12.5 Å². The second kappa shape index (κ2) is 5.75. The molecule has 0 aliphatic carbocycles. The summed E-state index contributed by atoms with van der Waals surface area (Å²) >= 11 is 0. The van der Waals surface area contributed by atoms with Crippen molar-refractivity contribution >= 4 is 17.6 Å². The van der Waals surface area contributed by atoms with Crippen LogP contribution in [0, 0.1) is 0 Å². The summed E-state index contributed by atoms with van der Waals surface area (Å²) in [5.74, 6) is -0.150. The molecule has 5 nitrogen and oxygen atoms in total.